The Morgan fingerprint density at radius 3 is 2.60 bits per heavy atom. The van der Waals surface area contributed by atoms with Crippen LogP contribution in [0.1, 0.15) is 34.8 Å². The number of carbonyl (C=O) groups excluding carboxylic acids is 1. The highest BCUT2D eigenvalue weighted by molar-refractivity contribution is 6.30. The summed E-state index contributed by atoms with van der Waals surface area (Å²) >= 11 is 5.75. The van der Waals surface area contributed by atoms with E-state index in [1.165, 1.54) is 12.1 Å². The third-order valence-corrected chi connectivity index (χ3v) is 4.38. The van der Waals surface area contributed by atoms with Crippen LogP contribution in [0.5, 0.6) is 0 Å². The van der Waals surface area contributed by atoms with Crippen LogP contribution in [0.3, 0.4) is 0 Å². The van der Waals surface area contributed by atoms with Crippen LogP contribution < -0.4 is 5.32 Å². The number of aromatic nitrogens is 2. The van der Waals surface area contributed by atoms with E-state index in [2.05, 4.69) is 10.4 Å². The number of anilines is 1. The Hall–Kier alpha value is -2.66. The summed E-state index contributed by atoms with van der Waals surface area (Å²) in [5.74, 6) is -0.230. The number of halogens is 2. The maximum Gasteiger partial charge on any atom is 0.259 e. The van der Waals surface area contributed by atoms with E-state index in [-0.39, 0.29) is 10.6 Å². The van der Waals surface area contributed by atoms with E-state index in [1.54, 1.807) is 4.68 Å². The first-order valence-corrected chi connectivity index (χ1v) is 8.41. The second-order valence-electron chi connectivity index (χ2n) is 6.05. The molecule has 0 radical (unpaired) electrons. The molecule has 1 N–H and O–H groups in total. The number of hydrogen-bond acceptors (Lipinski definition) is 2. The highest BCUT2D eigenvalue weighted by Crippen LogP contribution is 2.40. The molecule has 126 valence electrons. The summed E-state index contributed by atoms with van der Waals surface area (Å²) in [6.07, 6.45) is 2.20. The number of rotatable bonds is 4. The van der Waals surface area contributed by atoms with Crippen molar-refractivity contribution in [3.63, 3.8) is 0 Å². The van der Waals surface area contributed by atoms with Gasteiger partial charge in [0.05, 0.1) is 16.9 Å². The summed E-state index contributed by atoms with van der Waals surface area (Å²) < 4.78 is 15.7. The van der Waals surface area contributed by atoms with Gasteiger partial charge in [-0.1, -0.05) is 29.8 Å². The minimum atomic E-state index is -0.654. The Morgan fingerprint density at radius 2 is 1.92 bits per heavy atom. The Balaban J connectivity index is 1.68. The molecule has 0 unspecified atom stereocenters. The molecule has 1 fully saturated rings. The van der Waals surface area contributed by atoms with Gasteiger partial charge in [-0.3, -0.25) is 4.79 Å². The zero-order valence-corrected chi connectivity index (χ0v) is 14.0. The standard InChI is InChI=1S/C19H15ClFN3O/c20-13-8-9-15(16(21)10-13)19(25)22-18-11-17(12-6-7-12)23-24(18)14-4-2-1-3-5-14/h1-5,8-12H,6-7H2,(H,22,25). The van der Waals surface area contributed by atoms with Gasteiger partial charge in [0.2, 0.25) is 0 Å². The maximum absolute atomic E-state index is 14.0. The van der Waals surface area contributed by atoms with Crippen molar-refractivity contribution in [3.8, 4) is 5.69 Å². The summed E-state index contributed by atoms with van der Waals surface area (Å²) in [5.41, 5.74) is 1.72. The molecule has 1 saturated carbocycles. The molecule has 0 atom stereocenters. The van der Waals surface area contributed by atoms with Gasteiger partial charge in [0, 0.05) is 17.0 Å². The lowest BCUT2D eigenvalue weighted by atomic mass is 10.2. The Kier molecular flexibility index (Phi) is 4.01. The average Bonchev–Trinajstić information content (AvgIpc) is 3.37. The molecule has 25 heavy (non-hydrogen) atoms. The normalized spacial score (nSPS) is 13.7. The average molecular weight is 356 g/mol. The topological polar surface area (TPSA) is 46.9 Å². The van der Waals surface area contributed by atoms with E-state index in [1.807, 2.05) is 36.4 Å². The predicted molar refractivity (Wildman–Crippen MR) is 94.9 cm³/mol. The van der Waals surface area contributed by atoms with Gasteiger partial charge in [-0.15, -0.1) is 0 Å². The molecule has 1 aliphatic carbocycles. The number of carbonyl (C=O) groups is 1. The molecule has 0 bridgehead atoms. The SMILES string of the molecule is O=C(Nc1cc(C2CC2)nn1-c1ccccc1)c1ccc(Cl)cc1F. The van der Waals surface area contributed by atoms with Gasteiger partial charge in [0.15, 0.2) is 0 Å². The van der Waals surface area contributed by atoms with Crippen LogP contribution in [0.4, 0.5) is 10.2 Å². The van der Waals surface area contributed by atoms with Crippen molar-refractivity contribution in [2.45, 2.75) is 18.8 Å². The molecule has 0 spiro atoms. The highest BCUT2D eigenvalue weighted by Gasteiger charge is 2.28. The number of hydrogen-bond donors (Lipinski definition) is 1. The minimum absolute atomic E-state index is 0.0572. The molecular formula is C19H15ClFN3O. The third kappa shape index (κ3) is 3.28. The van der Waals surface area contributed by atoms with Crippen LogP contribution in [0.25, 0.3) is 5.69 Å². The number of nitrogens with zero attached hydrogens (tertiary/aromatic N) is 2. The fraction of sp³-hybridized carbons (Fsp3) is 0.158. The Bertz CT molecular complexity index is 935. The Morgan fingerprint density at radius 1 is 1.16 bits per heavy atom. The highest BCUT2D eigenvalue weighted by atomic mass is 35.5. The second kappa shape index (κ2) is 6.33. The van der Waals surface area contributed by atoms with Crippen molar-refractivity contribution in [2.24, 2.45) is 0 Å². The predicted octanol–water partition coefficient (Wildman–Crippen LogP) is 4.79. The van der Waals surface area contributed by atoms with Gasteiger partial charge in [-0.2, -0.15) is 5.10 Å². The first-order chi connectivity index (χ1) is 12.1. The van der Waals surface area contributed by atoms with Gasteiger partial charge in [0.1, 0.15) is 11.6 Å². The zero-order chi connectivity index (χ0) is 17.4. The molecule has 6 heteroatoms. The Labute approximate surface area is 149 Å². The molecule has 1 aromatic heterocycles. The van der Waals surface area contributed by atoms with Crippen molar-refractivity contribution in [3.05, 3.63) is 76.7 Å². The third-order valence-electron chi connectivity index (χ3n) is 4.14. The first kappa shape index (κ1) is 15.8. The number of benzene rings is 2. The van der Waals surface area contributed by atoms with Crippen molar-refractivity contribution in [2.75, 3.05) is 5.32 Å². The van der Waals surface area contributed by atoms with Gasteiger partial charge in [0.25, 0.3) is 5.91 Å². The molecule has 1 heterocycles. The molecule has 4 rings (SSSR count). The number of nitrogens with one attached hydrogen (secondary N) is 1. The molecule has 0 aliphatic heterocycles. The minimum Gasteiger partial charge on any atom is -0.306 e. The van der Waals surface area contributed by atoms with Gasteiger partial charge >= 0.3 is 0 Å². The fourth-order valence-corrected chi connectivity index (χ4v) is 2.85. The molecule has 0 saturated heterocycles. The van der Waals surface area contributed by atoms with E-state index in [4.69, 9.17) is 11.6 Å². The van der Waals surface area contributed by atoms with Crippen molar-refractivity contribution >= 4 is 23.3 Å². The van der Waals surface area contributed by atoms with Crippen LogP contribution in [0.15, 0.2) is 54.6 Å². The summed E-state index contributed by atoms with van der Waals surface area (Å²) in [6, 6.07) is 15.4. The van der Waals surface area contributed by atoms with Crippen LogP contribution in [-0.2, 0) is 0 Å². The lowest BCUT2D eigenvalue weighted by Crippen LogP contribution is -2.16. The second-order valence-corrected chi connectivity index (χ2v) is 6.49. The monoisotopic (exact) mass is 355 g/mol. The molecule has 1 aliphatic rings. The van der Waals surface area contributed by atoms with Crippen molar-refractivity contribution < 1.29 is 9.18 Å². The van der Waals surface area contributed by atoms with Gasteiger partial charge < -0.3 is 5.32 Å². The van der Waals surface area contributed by atoms with Crippen molar-refractivity contribution in [1.82, 2.24) is 9.78 Å². The largest absolute Gasteiger partial charge is 0.306 e. The molecule has 2 aromatic carbocycles. The fourth-order valence-electron chi connectivity index (χ4n) is 2.69. The summed E-state index contributed by atoms with van der Waals surface area (Å²) in [7, 11) is 0. The quantitative estimate of drug-likeness (QED) is 0.731. The summed E-state index contributed by atoms with van der Waals surface area (Å²) in [6.45, 7) is 0. The molecular weight excluding hydrogens is 341 g/mol. The van der Waals surface area contributed by atoms with E-state index < -0.39 is 11.7 Å². The lowest BCUT2D eigenvalue weighted by Gasteiger charge is -2.09. The van der Waals surface area contributed by atoms with E-state index in [0.29, 0.717) is 11.7 Å². The van der Waals surface area contributed by atoms with E-state index in [0.717, 1.165) is 30.3 Å². The van der Waals surface area contributed by atoms with Crippen LogP contribution in [-0.4, -0.2) is 15.7 Å². The molecule has 1 amide bonds. The van der Waals surface area contributed by atoms with Gasteiger partial charge in [-0.25, -0.2) is 9.07 Å². The van der Waals surface area contributed by atoms with Crippen LogP contribution in [0, 0.1) is 5.82 Å². The van der Waals surface area contributed by atoms with Crippen LogP contribution >= 0.6 is 11.6 Å². The van der Waals surface area contributed by atoms with E-state index >= 15 is 0 Å². The summed E-state index contributed by atoms with van der Waals surface area (Å²) in [5, 5.41) is 7.63. The zero-order valence-electron chi connectivity index (χ0n) is 13.2. The number of para-hydroxylation sites is 1. The summed E-state index contributed by atoms with van der Waals surface area (Å²) in [4.78, 5) is 12.5. The molecule has 3 aromatic rings. The first-order valence-electron chi connectivity index (χ1n) is 8.03. The smallest absolute Gasteiger partial charge is 0.259 e. The lowest BCUT2D eigenvalue weighted by molar-refractivity contribution is 0.102. The number of amides is 1. The van der Waals surface area contributed by atoms with Gasteiger partial charge in [-0.05, 0) is 43.2 Å². The maximum atomic E-state index is 14.0. The van der Waals surface area contributed by atoms with Crippen LogP contribution in [0.2, 0.25) is 5.02 Å². The van der Waals surface area contributed by atoms with Crippen molar-refractivity contribution in [1.29, 1.82) is 0 Å². The van der Waals surface area contributed by atoms with E-state index in [9.17, 15) is 9.18 Å². The molecule has 4 nitrogen and oxygen atoms in total.